The summed E-state index contributed by atoms with van der Waals surface area (Å²) in [7, 11) is 1.84. The fraction of sp³-hybridized carbons (Fsp3) is 1.00. The first-order chi connectivity index (χ1) is 6.35. The third-order valence-corrected chi connectivity index (χ3v) is 3.47. The van der Waals surface area contributed by atoms with Gasteiger partial charge in [0.15, 0.2) is 0 Å². The molecule has 3 heteroatoms. The molecule has 76 valence electrons. The molecule has 2 aliphatic rings. The van der Waals surface area contributed by atoms with Crippen molar-refractivity contribution in [2.45, 2.75) is 37.3 Å². The second-order valence-corrected chi connectivity index (χ2v) is 4.31. The molecule has 1 saturated heterocycles. The Labute approximate surface area is 80.2 Å². The minimum absolute atomic E-state index is 0.183. The van der Waals surface area contributed by atoms with E-state index in [0.29, 0.717) is 6.04 Å². The molecule has 1 saturated carbocycles. The van der Waals surface area contributed by atoms with E-state index in [1.54, 1.807) is 0 Å². The minimum Gasteiger partial charge on any atom is -0.377 e. The number of ether oxygens (including phenoxy) is 1. The van der Waals surface area contributed by atoms with Crippen molar-refractivity contribution < 1.29 is 4.74 Å². The molecule has 1 aliphatic carbocycles. The Hall–Kier alpha value is -0.120. The molecule has 0 aromatic carbocycles. The Morgan fingerprint density at radius 1 is 1.54 bits per heavy atom. The molecule has 2 N–H and O–H groups in total. The minimum atomic E-state index is 0.183. The Kier molecular flexibility index (Phi) is 2.86. The summed E-state index contributed by atoms with van der Waals surface area (Å²) >= 11 is 0. The average Bonchev–Trinajstić information content (AvgIpc) is 2.56. The van der Waals surface area contributed by atoms with Crippen LogP contribution in [0.25, 0.3) is 0 Å². The van der Waals surface area contributed by atoms with Crippen LogP contribution in [0.4, 0.5) is 0 Å². The van der Waals surface area contributed by atoms with E-state index in [0.717, 1.165) is 19.6 Å². The highest BCUT2D eigenvalue weighted by molar-refractivity contribution is 4.93. The van der Waals surface area contributed by atoms with E-state index in [-0.39, 0.29) is 5.60 Å². The van der Waals surface area contributed by atoms with Crippen LogP contribution in [0.3, 0.4) is 0 Å². The third kappa shape index (κ3) is 2.03. The lowest BCUT2D eigenvalue weighted by atomic mass is 9.80. The van der Waals surface area contributed by atoms with Crippen molar-refractivity contribution in [3.8, 4) is 0 Å². The first-order valence-electron chi connectivity index (χ1n) is 5.34. The van der Waals surface area contributed by atoms with Crippen molar-refractivity contribution in [3.05, 3.63) is 0 Å². The van der Waals surface area contributed by atoms with Crippen LogP contribution >= 0.6 is 0 Å². The van der Waals surface area contributed by atoms with Gasteiger partial charge < -0.3 is 15.4 Å². The zero-order chi connectivity index (χ0) is 9.15. The summed E-state index contributed by atoms with van der Waals surface area (Å²) in [6.45, 7) is 3.33. The second kappa shape index (κ2) is 3.95. The molecule has 0 radical (unpaired) electrons. The average molecular weight is 184 g/mol. The standard InChI is InChI=1S/C10H20N2O/c1-13-10(4-2-5-10)8-12-9-3-6-11-7-9/h9,11-12H,2-8H2,1H3. The smallest absolute Gasteiger partial charge is 0.0802 e. The molecule has 0 spiro atoms. The quantitative estimate of drug-likeness (QED) is 0.668. The molecule has 0 aromatic heterocycles. The van der Waals surface area contributed by atoms with Crippen LogP contribution < -0.4 is 10.6 Å². The van der Waals surface area contributed by atoms with E-state index in [9.17, 15) is 0 Å². The van der Waals surface area contributed by atoms with Crippen molar-refractivity contribution >= 4 is 0 Å². The lowest BCUT2D eigenvalue weighted by Gasteiger charge is -2.41. The summed E-state index contributed by atoms with van der Waals surface area (Å²) in [5.74, 6) is 0. The molecular formula is C10H20N2O. The molecule has 1 heterocycles. The van der Waals surface area contributed by atoms with Crippen molar-refractivity contribution in [2.24, 2.45) is 0 Å². The number of methoxy groups -OCH3 is 1. The highest BCUT2D eigenvalue weighted by Gasteiger charge is 2.37. The van der Waals surface area contributed by atoms with Gasteiger partial charge in [-0.1, -0.05) is 0 Å². The SMILES string of the molecule is COC1(CNC2CCNC2)CCC1. The van der Waals surface area contributed by atoms with E-state index < -0.39 is 0 Å². The number of nitrogens with one attached hydrogen (secondary N) is 2. The Morgan fingerprint density at radius 2 is 2.38 bits per heavy atom. The Balaban J connectivity index is 1.71. The first-order valence-corrected chi connectivity index (χ1v) is 5.34. The second-order valence-electron chi connectivity index (χ2n) is 4.31. The summed E-state index contributed by atoms with van der Waals surface area (Å²) in [6.07, 6.45) is 5.06. The topological polar surface area (TPSA) is 33.3 Å². The Morgan fingerprint density at radius 3 is 2.85 bits per heavy atom. The van der Waals surface area contributed by atoms with Crippen LogP contribution in [0, 0.1) is 0 Å². The highest BCUT2D eigenvalue weighted by Crippen LogP contribution is 2.34. The van der Waals surface area contributed by atoms with Gasteiger partial charge in [0.25, 0.3) is 0 Å². The van der Waals surface area contributed by atoms with Gasteiger partial charge in [-0.05, 0) is 32.2 Å². The maximum atomic E-state index is 5.55. The molecular weight excluding hydrogens is 164 g/mol. The lowest BCUT2D eigenvalue weighted by Crippen LogP contribution is -2.50. The van der Waals surface area contributed by atoms with Gasteiger partial charge in [0, 0.05) is 26.2 Å². The van der Waals surface area contributed by atoms with Gasteiger partial charge in [0.1, 0.15) is 0 Å². The summed E-state index contributed by atoms with van der Waals surface area (Å²) in [4.78, 5) is 0. The van der Waals surface area contributed by atoms with Crippen LogP contribution in [0.15, 0.2) is 0 Å². The summed E-state index contributed by atoms with van der Waals surface area (Å²) < 4.78 is 5.55. The van der Waals surface area contributed by atoms with E-state index >= 15 is 0 Å². The fourth-order valence-electron chi connectivity index (χ4n) is 2.18. The van der Waals surface area contributed by atoms with E-state index in [4.69, 9.17) is 4.74 Å². The van der Waals surface area contributed by atoms with Crippen molar-refractivity contribution in [1.82, 2.24) is 10.6 Å². The van der Waals surface area contributed by atoms with Crippen LogP contribution in [0.2, 0.25) is 0 Å². The van der Waals surface area contributed by atoms with Crippen LogP contribution in [0.5, 0.6) is 0 Å². The van der Waals surface area contributed by atoms with Gasteiger partial charge in [-0.3, -0.25) is 0 Å². The molecule has 13 heavy (non-hydrogen) atoms. The van der Waals surface area contributed by atoms with Gasteiger partial charge >= 0.3 is 0 Å². The number of rotatable bonds is 4. The van der Waals surface area contributed by atoms with E-state index in [1.807, 2.05) is 7.11 Å². The highest BCUT2D eigenvalue weighted by atomic mass is 16.5. The van der Waals surface area contributed by atoms with Gasteiger partial charge in [-0.15, -0.1) is 0 Å². The molecule has 0 amide bonds. The summed E-state index contributed by atoms with van der Waals surface area (Å²) in [5.41, 5.74) is 0.183. The number of hydrogen-bond donors (Lipinski definition) is 2. The van der Waals surface area contributed by atoms with E-state index in [2.05, 4.69) is 10.6 Å². The maximum Gasteiger partial charge on any atom is 0.0802 e. The molecule has 1 aliphatic heterocycles. The Bertz CT molecular complexity index is 157. The lowest BCUT2D eigenvalue weighted by molar-refractivity contribution is -0.0705. The van der Waals surface area contributed by atoms with Gasteiger partial charge in [-0.25, -0.2) is 0 Å². The molecule has 2 rings (SSSR count). The van der Waals surface area contributed by atoms with Gasteiger partial charge in [-0.2, -0.15) is 0 Å². The predicted molar refractivity (Wildman–Crippen MR) is 52.9 cm³/mol. The van der Waals surface area contributed by atoms with Gasteiger partial charge in [0.2, 0.25) is 0 Å². The molecule has 1 unspecified atom stereocenters. The number of hydrogen-bond acceptors (Lipinski definition) is 3. The molecule has 1 atom stereocenters. The van der Waals surface area contributed by atoms with Crippen molar-refractivity contribution in [1.29, 1.82) is 0 Å². The fourth-order valence-corrected chi connectivity index (χ4v) is 2.18. The van der Waals surface area contributed by atoms with Crippen molar-refractivity contribution in [3.63, 3.8) is 0 Å². The largest absolute Gasteiger partial charge is 0.377 e. The predicted octanol–water partition coefficient (Wildman–Crippen LogP) is 0.507. The molecule has 0 aromatic rings. The zero-order valence-electron chi connectivity index (χ0n) is 8.44. The molecule has 3 nitrogen and oxygen atoms in total. The third-order valence-electron chi connectivity index (χ3n) is 3.47. The zero-order valence-corrected chi connectivity index (χ0v) is 8.44. The van der Waals surface area contributed by atoms with Crippen LogP contribution in [0.1, 0.15) is 25.7 Å². The molecule has 2 fully saturated rings. The maximum absolute atomic E-state index is 5.55. The normalized spacial score (nSPS) is 31.6. The summed E-state index contributed by atoms with van der Waals surface area (Å²) in [5, 5.41) is 6.95. The van der Waals surface area contributed by atoms with E-state index in [1.165, 1.54) is 25.7 Å². The van der Waals surface area contributed by atoms with Crippen LogP contribution in [-0.2, 0) is 4.74 Å². The molecule has 0 bridgehead atoms. The van der Waals surface area contributed by atoms with Gasteiger partial charge in [0.05, 0.1) is 5.60 Å². The van der Waals surface area contributed by atoms with Crippen LogP contribution in [-0.4, -0.2) is 38.4 Å². The summed E-state index contributed by atoms with van der Waals surface area (Å²) in [6, 6.07) is 0.674. The first kappa shape index (κ1) is 9.44. The van der Waals surface area contributed by atoms with Crippen molar-refractivity contribution in [2.75, 3.05) is 26.7 Å². The monoisotopic (exact) mass is 184 g/mol.